The van der Waals surface area contributed by atoms with Gasteiger partial charge in [0.15, 0.2) is 0 Å². The maximum Gasteiger partial charge on any atom is 0.306 e. The van der Waals surface area contributed by atoms with Crippen molar-refractivity contribution in [1.29, 1.82) is 0 Å². The number of carbonyl (C=O) groups excluding carboxylic acids is 2. The highest BCUT2D eigenvalue weighted by Gasteiger charge is 2.24. The molecule has 0 aliphatic carbocycles. The Hall–Kier alpha value is -2.18. The summed E-state index contributed by atoms with van der Waals surface area (Å²) in [4.78, 5) is 26.2. The van der Waals surface area contributed by atoms with Crippen molar-refractivity contribution in [2.24, 2.45) is 0 Å². The molecule has 0 aromatic rings. The molecule has 0 heterocycles. The van der Waals surface area contributed by atoms with Crippen molar-refractivity contribution < 1.29 is 24.5 Å². The SMILES string of the molecule is CCCCC/C=C\C/C=C\C/C=C\C/C=C\CCCCCC(=O)OC(CCCCCCCCCCCCCC)CC(=O)NC(CO)C(O)CCCCCCCCCCCCCC. The number of allylic oxidation sites excluding steroid dienone is 8. The van der Waals surface area contributed by atoms with Gasteiger partial charge in [0.1, 0.15) is 6.10 Å². The van der Waals surface area contributed by atoms with Crippen LogP contribution in [0.2, 0.25) is 0 Å². The average Bonchev–Trinajstić information content (AvgIpc) is 3.26. The van der Waals surface area contributed by atoms with Crippen molar-refractivity contribution in [2.45, 2.75) is 289 Å². The first kappa shape index (κ1) is 59.8. The Labute approximate surface area is 385 Å². The highest BCUT2D eigenvalue weighted by atomic mass is 16.5. The lowest BCUT2D eigenvalue weighted by Gasteiger charge is -2.24. The summed E-state index contributed by atoms with van der Waals surface area (Å²) in [5, 5.41) is 23.8. The molecule has 0 fully saturated rings. The first-order chi connectivity index (χ1) is 30.5. The van der Waals surface area contributed by atoms with Gasteiger partial charge < -0.3 is 20.3 Å². The zero-order chi connectivity index (χ0) is 45.2. The van der Waals surface area contributed by atoms with E-state index in [0.29, 0.717) is 19.3 Å². The van der Waals surface area contributed by atoms with E-state index in [4.69, 9.17) is 4.74 Å². The zero-order valence-corrected chi connectivity index (χ0v) is 41.3. The second-order valence-corrected chi connectivity index (χ2v) is 18.3. The Morgan fingerprint density at radius 3 is 1.26 bits per heavy atom. The van der Waals surface area contributed by atoms with Gasteiger partial charge in [0, 0.05) is 6.42 Å². The van der Waals surface area contributed by atoms with Crippen molar-refractivity contribution in [1.82, 2.24) is 5.32 Å². The number of ether oxygens (including phenoxy) is 1. The molecule has 6 nitrogen and oxygen atoms in total. The second kappa shape index (κ2) is 49.8. The molecule has 0 aliphatic heterocycles. The first-order valence-corrected chi connectivity index (χ1v) is 26.9. The molecule has 0 saturated heterocycles. The fourth-order valence-electron chi connectivity index (χ4n) is 8.06. The molecule has 0 rings (SSSR count). The van der Waals surface area contributed by atoms with Crippen LogP contribution in [-0.4, -0.2) is 46.9 Å². The van der Waals surface area contributed by atoms with E-state index >= 15 is 0 Å². The van der Waals surface area contributed by atoms with E-state index in [1.54, 1.807) is 0 Å². The normalized spacial score (nSPS) is 13.6. The Kier molecular flexibility index (Phi) is 48.1. The van der Waals surface area contributed by atoms with E-state index in [9.17, 15) is 19.8 Å². The molecule has 6 heteroatoms. The molecule has 3 atom stereocenters. The standard InChI is InChI=1S/C56H103NO5/c1-4-7-10-13-16-19-22-25-26-27-28-29-30-31-34-37-40-43-46-49-56(61)62-52(47-44-41-38-35-32-23-20-17-14-11-8-5-2)50-55(60)57-53(51-58)54(59)48-45-42-39-36-33-24-21-18-15-12-9-6-3/h16,19,25-26,28-29,31,34,52-54,58-59H,4-15,17-18,20-24,27,30,32-33,35-51H2,1-3H3,(H,57,60)/b19-16-,26-25-,29-28-,34-31-. The van der Waals surface area contributed by atoms with E-state index < -0.39 is 18.2 Å². The Balaban J connectivity index is 4.58. The van der Waals surface area contributed by atoms with Gasteiger partial charge in [-0.1, -0.05) is 236 Å². The molecule has 0 bridgehead atoms. The van der Waals surface area contributed by atoms with Gasteiger partial charge in [-0.15, -0.1) is 0 Å². The number of rotatable bonds is 48. The van der Waals surface area contributed by atoms with Crippen molar-refractivity contribution in [2.75, 3.05) is 6.61 Å². The van der Waals surface area contributed by atoms with E-state index in [-0.39, 0.29) is 24.9 Å². The summed E-state index contributed by atoms with van der Waals surface area (Å²) in [7, 11) is 0. The summed E-state index contributed by atoms with van der Waals surface area (Å²) in [6, 6.07) is -0.706. The third-order valence-corrected chi connectivity index (χ3v) is 12.2. The Bertz CT molecular complexity index is 1070. The van der Waals surface area contributed by atoms with Crippen LogP contribution in [-0.2, 0) is 14.3 Å². The number of carbonyl (C=O) groups is 2. The number of unbranched alkanes of at least 4 members (excludes halogenated alkanes) is 28. The number of hydrogen-bond acceptors (Lipinski definition) is 5. The summed E-state index contributed by atoms with van der Waals surface area (Å²) in [5.41, 5.74) is 0. The Morgan fingerprint density at radius 1 is 0.468 bits per heavy atom. The molecule has 62 heavy (non-hydrogen) atoms. The second-order valence-electron chi connectivity index (χ2n) is 18.3. The third kappa shape index (κ3) is 44.4. The van der Waals surface area contributed by atoms with Crippen LogP contribution in [0.4, 0.5) is 0 Å². The van der Waals surface area contributed by atoms with Gasteiger partial charge in [-0.25, -0.2) is 0 Å². The van der Waals surface area contributed by atoms with Gasteiger partial charge in [0.2, 0.25) is 5.91 Å². The zero-order valence-electron chi connectivity index (χ0n) is 41.3. The summed E-state index contributed by atoms with van der Waals surface area (Å²) in [5.74, 6) is -0.501. The number of hydrogen-bond donors (Lipinski definition) is 3. The topological polar surface area (TPSA) is 95.9 Å². The molecular weight excluding hydrogens is 767 g/mol. The molecule has 3 N–H and O–H groups in total. The minimum atomic E-state index is -0.791. The summed E-state index contributed by atoms with van der Waals surface area (Å²) in [6.07, 6.45) is 60.2. The lowest BCUT2D eigenvalue weighted by atomic mass is 10.0. The van der Waals surface area contributed by atoms with E-state index in [1.165, 1.54) is 148 Å². The maximum absolute atomic E-state index is 13.2. The van der Waals surface area contributed by atoms with E-state index in [1.807, 2.05) is 0 Å². The van der Waals surface area contributed by atoms with Gasteiger partial charge in [0.25, 0.3) is 0 Å². The monoisotopic (exact) mass is 870 g/mol. The highest BCUT2D eigenvalue weighted by molar-refractivity contribution is 5.77. The van der Waals surface area contributed by atoms with Crippen molar-refractivity contribution in [3.63, 3.8) is 0 Å². The lowest BCUT2D eigenvalue weighted by Crippen LogP contribution is -2.46. The van der Waals surface area contributed by atoms with Crippen molar-refractivity contribution in [3.8, 4) is 0 Å². The van der Waals surface area contributed by atoms with Crippen LogP contribution in [0, 0.1) is 0 Å². The third-order valence-electron chi connectivity index (χ3n) is 12.2. The van der Waals surface area contributed by atoms with Crippen LogP contribution in [0.15, 0.2) is 48.6 Å². The van der Waals surface area contributed by atoms with Crippen LogP contribution in [0.3, 0.4) is 0 Å². The molecular formula is C56H103NO5. The predicted molar refractivity (Wildman–Crippen MR) is 269 cm³/mol. The molecule has 0 radical (unpaired) electrons. The molecule has 1 amide bonds. The minimum Gasteiger partial charge on any atom is -0.462 e. The van der Waals surface area contributed by atoms with Gasteiger partial charge in [-0.05, 0) is 70.6 Å². The van der Waals surface area contributed by atoms with Crippen LogP contribution >= 0.6 is 0 Å². The van der Waals surface area contributed by atoms with Gasteiger partial charge >= 0.3 is 5.97 Å². The number of nitrogens with one attached hydrogen (secondary N) is 1. The first-order valence-electron chi connectivity index (χ1n) is 26.9. The van der Waals surface area contributed by atoms with Crippen molar-refractivity contribution >= 4 is 11.9 Å². The van der Waals surface area contributed by atoms with E-state index in [0.717, 1.165) is 77.0 Å². The quantitative estimate of drug-likeness (QED) is 0.0322. The molecule has 0 saturated carbocycles. The predicted octanol–water partition coefficient (Wildman–Crippen LogP) is 16.2. The largest absolute Gasteiger partial charge is 0.462 e. The summed E-state index contributed by atoms with van der Waals surface area (Å²) < 4.78 is 5.93. The molecule has 0 aromatic carbocycles. The molecule has 0 aliphatic rings. The fraction of sp³-hybridized carbons (Fsp3) is 0.821. The van der Waals surface area contributed by atoms with Crippen LogP contribution < -0.4 is 5.32 Å². The number of aliphatic hydroxyl groups excluding tert-OH is 2. The van der Waals surface area contributed by atoms with Gasteiger partial charge in [-0.3, -0.25) is 9.59 Å². The number of aliphatic hydroxyl groups is 2. The van der Waals surface area contributed by atoms with E-state index in [2.05, 4.69) is 74.7 Å². The van der Waals surface area contributed by atoms with Crippen LogP contribution in [0.5, 0.6) is 0 Å². The van der Waals surface area contributed by atoms with Crippen LogP contribution in [0.25, 0.3) is 0 Å². The van der Waals surface area contributed by atoms with Gasteiger partial charge in [-0.2, -0.15) is 0 Å². The molecule has 3 unspecified atom stereocenters. The number of amides is 1. The molecule has 0 aromatic heterocycles. The maximum atomic E-state index is 13.2. The highest BCUT2D eigenvalue weighted by Crippen LogP contribution is 2.18. The average molecular weight is 870 g/mol. The van der Waals surface area contributed by atoms with Gasteiger partial charge in [0.05, 0.1) is 25.2 Å². The summed E-state index contributed by atoms with van der Waals surface area (Å²) >= 11 is 0. The summed E-state index contributed by atoms with van der Waals surface area (Å²) in [6.45, 7) is 6.45. The van der Waals surface area contributed by atoms with Crippen molar-refractivity contribution in [3.05, 3.63) is 48.6 Å². The smallest absolute Gasteiger partial charge is 0.306 e. The Morgan fingerprint density at radius 2 is 0.823 bits per heavy atom. The fourth-order valence-corrected chi connectivity index (χ4v) is 8.06. The molecule has 0 spiro atoms. The minimum absolute atomic E-state index is 0.0671. The van der Waals surface area contributed by atoms with Crippen LogP contribution in [0.1, 0.15) is 271 Å². The number of esters is 1. The lowest BCUT2D eigenvalue weighted by molar-refractivity contribution is -0.151. The molecule has 362 valence electrons.